The molecule has 0 spiro atoms. The van der Waals surface area contributed by atoms with E-state index in [9.17, 15) is 14.7 Å². The normalized spacial score (nSPS) is 18.1. The molecule has 1 fully saturated rings. The zero-order valence-corrected chi connectivity index (χ0v) is 18.1. The monoisotopic (exact) mass is 424 g/mol. The fraction of sp³-hybridized carbons (Fsp3) is 0.333. The molecule has 7 heteroatoms. The van der Waals surface area contributed by atoms with E-state index in [0.29, 0.717) is 42.4 Å². The van der Waals surface area contributed by atoms with Crippen molar-refractivity contribution < 1.29 is 28.7 Å². The summed E-state index contributed by atoms with van der Waals surface area (Å²) in [5, 5.41) is 13.3. The molecule has 1 aliphatic heterocycles. The molecule has 0 aliphatic carbocycles. The quantitative estimate of drug-likeness (QED) is 0.280. The summed E-state index contributed by atoms with van der Waals surface area (Å²) in [6.07, 6.45) is 2.33. The Morgan fingerprint density at radius 3 is 2.52 bits per heavy atom. The van der Waals surface area contributed by atoms with Gasteiger partial charge in [0.15, 0.2) is 0 Å². The molecule has 0 bridgehead atoms. The Morgan fingerprint density at radius 1 is 1.23 bits per heavy atom. The first-order valence-electron chi connectivity index (χ1n) is 10.3. The number of hydrogen-bond acceptors (Lipinski definition) is 5. The summed E-state index contributed by atoms with van der Waals surface area (Å²) in [7, 11) is 4.04. The van der Waals surface area contributed by atoms with Gasteiger partial charge in [-0.05, 0) is 36.8 Å². The zero-order valence-electron chi connectivity index (χ0n) is 18.1. The van der Waals surface area contributed by atoms with Gasteiger partial charge in [-0.2, -0.15) is 0 Å². The van der Waals surface area contributed by atoms with Crippen LogP contribution in [0.1, 0.15) is 29.5 Å². The molecule has 164 valence electrons. The number of ether oxygens (including phenoxy) is 1. The predicted octanol–water partition coefficient (Wildman–Crippen LogP) is 0.911. The summed E-state index contributed by atoms with van der Waals surface area (Å²) in [5.74, 6) is -0.261. The van der Waals surface area contributed by atoms with Crippen molar-refractivity contribution in [2.75, 3.05) is 33.8 Å². The Bertz CT molecular complexity index is 988. The molecule has 3 rings (SSSR count). The lowest BCUT2D eigenvalue weighted by molar-refractivity contribution is -0.858. The second-order valence-electron chi connectivity index (χ2n) is 7.86. The third-order valence-electron chi connectivity index (χ3n) is 5.12. The molecule has 1 unspecified atom stereocenters. The molecule has 1 saturated heterocycles. The van der Waals surface area contributed by atoms with Crippen molar-refractivity contribution in [3.63, 3.8) is 0 Å². The van der Waals surface area contributed by atoms with Crippen LogP contribution in [0.5, 0.6) is 5.75 Å². The lowest BCUT2D eigenvalue weighted by Gasteiger charge is -2.25. The first kappa shape index (κ1) is 22.4. The smallest absolute Gasteiger partial charge is 0.295 e. The van der Waals surface area contributed by atoms with Crippen LogP contribution in [0.15, 0.2) is 59.0 Å². The van der Waals surface area contributed by atoms with Crippen LogP contribution < -0.4 is 14.7 Å². The maximum absolute atomic E-state index is 13.3. The Morgan fingerprint density at radius 2 is 1.94 bits per heavy atom. The topological polar surface area (TPSA) is 87.2 Å². The first-order chi connectivity index (χ1) is 14.8. The number of amides is 1. The molecule has 1 amide bonds. The van der Waals surface area contributed by atoms with Crippen LogP contribution >= 0.6 is 0 Å². The number of nitrogens with zero attached hydrogens (tertiary/aromatic N) is 1. The van der Waals surface area contributed by atoms with Crippen LogP contribution in [0.2, 0.25) is 0 Å². The Kier molecular flexibility index (Phi) is 6.97. The van der Waals surface area contributed by atoms with Crippen molar-refractivity contribution in [2.45, 2.75) is 19.4 Å². The number of ketones is 1. The minimum absolute atomic E-state index is 0.0729. The highest BCUT2D eigenvalue weighted by molar-refractivity contribution is 6.46. The number of benzene rings is 1. The van der Waals surface area contributed by atoms with Gasteiger partial charge < -0.3 is 24.1 Å². The molecule has 1 aromatic carbocycles. The van der Waals surface area contributed by atoms with Gasteiger partial charge in [0.25, 0.3) is 5.91 Å². The summed E-state index contributed by atoms with van der Waals surface area (Å²) in [6.45, 7) is 6.93. The van der Waals surface area contributed by atoms with Gasteiger partial charge >= 0.3 is 0 Å². The number of Topliss-reactive ketones (excluding diaryl/α,β-unsaturated/α-hetero) is 1. The highest BCUT2D eigenvalue weighted by Gasteiger charge is 2.45. The van der Waals surface area contributed by atoms with Crippen LogP contribution in [0.25, 0.3) is 5.76 Å². The molecule has 0 saturated carbocycles. The van der Waals surface area contributed by atoms with Crippen molar-refractivity contribution in [2.24, 2.45) is 0 Å². The Labute approximate surface area is 182 Å². The SMILES string of the molecule is C=CCOc1ccc(/C([O-])=C2\C(=O)C(=O)N(CCC[NH+](C)C)C2c2ccc(C)o2)cc1. The van der Waals surface area contributed by atoms with Gasteiger partial charge in [-0.3, -0.25) is 9.59 Å². The number of carbonyl (C=O) groups excluding carboxylic acids is 2. The van der Waals surface area contributed by atoms with E-state index in [4.69, 9.17) is 9.15 Å². The lowest BCUT2D eigenvalue weighted by atomic mass is 9.99. The summed E-state index contributed by atoms with van der Waals surface area (Å²) in [5.41, 5.74) is 0.242. The summed E-state index contributed by atoms with van der Waals surface area (Å²) in [4.78, 5) is 28.4. The van der Waals surface area contributed by atoms with E-state index in [0.717, 1.165) is 6.54 Å². The van der Waals surface area contributed by atoms with Crippen LogP contribution in [-0.4, -0.2) is 50.4 Å². The molecule has 1 N–H and O–H groups in total. The van der Waals surface area contributed by atoms with Gasteiger partial charge in [0.2, 0.25) is 5.78 Å². The number of quaternary nitrogens is 1. The number of hydrogen-bond donors (Lipinski definition) is 1. The maximum Gasteiger partial charge on any atom is 0.295 e. The van der Waals surface area contributed by atoms with Crippen molar-refractivity contribution in [3.8, 4) is 5.75 Å². The molecule has 2 aromatic rings. The van der Waals surface area contributed by atoms with E-state index in [-0.39, 0.29) is 5.57 Å². The van der Waals surface area contributed by atoms with E-state index in [1.807, 2.05) is 14.1 Å². The molecule has 31 heavy (non-hydrogen) atoms. The van der Waals surface area contributed by atoms with E-state index < -0.39 is 23.5 Å². The summed E-state index contributed by atoms with van der Waals surface area (Å²) in [6, 6.07) is 9.15. The van der Waals surface area contributed by atoms with Gasteiger partial charge in [-0.15, -0.1) is 0 Å². The molecular weight excluding hydrogens is 396 g/mol. The van der Waals surface area contributed by atoms with Gasteiger partial charge in [0, 0.05) is 18.5 Å². The third kappa shape index (κ3) is 4.88. The summed E-state index contributed by atoms with van der Waals surface area (Å²) < 4.78 is 11.2. The predicted molar refractivity (Wildman–Crippen MR) is 114 cm³/mol. The van der Waals surface area contributed by atoms with E-state index >= 15 is 0 Å². The van der Waals surface area contributed by atoms with Crippen LogP contribution in [0.4, 0.5) is 0 Å². The van der Waals surface area contributed by atoms with E-state index in [1.54, 1.807) is 49.4 Å². The van der Waals surface area contributed by atoms with Crippen LogP contribution in [0.3, 0.4) is 0 Å². The molecule has 1 aliphatic rings. The number of nitrogens with one attached hydrogen (secondary N) is 1. The number of rotatable bonds is 9. The van der Waals surface area contributed by atoms with E-state index in [1.165, 1.54) is 9.80 Å². The first-order valence-corrected chi connectivity index (χ1v) is 10.3. The Hall–Kier alpha value is -3.32. The molecule has 1 atom stereocenters. The maximum atomic E-state index is 13.3. The highest BCUT2D eigenvalue weighted by Crippen LogP contribution is 2.39. The Balaban J connectivity index is 1.99. The highest BCUT2D eigenvalue weighted by atomic mass is 16.5. The van der Waals surface area contributed by atoms with Crippen molar-refractivity contribution >= 4 is 17.4 Å². The number of likely N-dealkylation sites (tertiary alicyclic amines) is 1. The second kappa shape index (κ2) is 9.66. The second-order valence-corrected chi connectivity index (χ2v) is 7.86. The van der Waals surface area contributed by atoms with Crippen LogP contribution in [0, 0.1) is 6.92 Å². The number of aryl methyl sites for hydroxylation is 1. The van der Waals surface area contributed by atoms with Gasteiger partial charge in [0.1, 0.15) is 29.9 Å². The molecule has 2 heterocycles. The fourth-order valence-electron chi connectivity index (χ4n) is 3.61. The van der Waals surface area contributed by atoms with Gasteiger partial charge in [0.05, 0.1) is 20.6 Å². The minimum Gasteiger partial charge on any atom is -0.872 e. The van der Waals surface area contributed by atoms with E-state index in [2.05, 4.69) is 6.58 Å². The molecule has 1 aromatic heterocycles. The third-order valence-corrected chi connectivity index (χ3v) is 5.12. The molecular formula is C24H28N2O5. The lowest BCUT2D eigenvalue weighted by Crippen LogP contribution is -3.05. The van der Waals surface area contributed by atoms with Crippen molar-refractivity contribution in [1.29, 1.82) is 0 Å². The molecule has 0 radical (unpaired) electrons. The average Bonchev–Trinajstić information content (AvgIpc) is 3.28. The van der Waals surface area contributed by atoms with Crippen LogP contribution in [-0.2, 0) is 9.59 Å². The fourth-order valence-corrected chi connectivity index (χ4v) is 3.61. The average molecular weight is 424 g/mol. The standard InChI is InChI=1S/C24H28N2O5/c1-5-15-30-18-10-8-17(9-11-18)22(27)20-21(19-12-7-16(2)31-19)26(24(29)23(20)28)14-6-13-25(3)4/h5,7-12,21,27H,1,6,13-15H2,2-4H3/b22-20+. The van der Waals surface area contributed by atoms with Gasteiger partial charge in [-0.25, -0.2) is 0 Å². The minimum atomic E-state index is -0.824. The van der Waals surface area contributed by atoms with Crippen molar-refractivity contribution in [3.05, 3.63) is 71.7 Å². The zero-order chi connectivity index (χ0) is 22.5. The van der Waals surface area contributed by atoms with Gasteiger partial charge in [-0.1, -0.05) is 30.5 Å². The largest absolute Gasteiger partial charge is 0.872 e. The van der Waals surface area contributed by atoms with Crippen molar-refractivity contribution in [1.82, 2.24) is 4.90 Å². The molecule has 7 nitrogen and oxygen atoms in total. The number of carbonyl (C=O) groups is 2. The number of furan rings is 1. The summed E-state index contributed by atoms with van der Waals surface area (Å²) >= 11 is 0.